The van der Waals surface area contributed by atoms with Crippen LogP contribution in [0.5, 0.6) is 0 Å². The van der Waals surface area contributed by atoms with Gasteiger partial charge in [-0.25, -0.2) is 0 Å². The van der Waals surface area contributed by atoms with Gasteiger partial charge in [-0.2, -0.15) is 0 Å². The summed E-state index contributed by atoms with van der Waals surface area (Å²) in [5, 5.41) is 0. The summed E-state index contributed by atoms with van der Waals surface area (Å²) < 4.78 is 35.4. The van der Waals surface area contributed by atoms with E-state index in [-0.39, 0.29) is 0 Å². The zero-order valence-electron chi connectivity index (χ0n) is 6.84. The summed E-state index contributed by atoms with van der Waals surface area (Å²) in [5.41, 5.74) is 1.02. The van der Waals surface area contributed by atoms with Gasteiger partial charge in [-0.05, 0) is 0 Å². The van der Waals surface area contributed by atoms with Gasteiger partial charge in [0, 0.05) is 0 Å². The fourth-order valence-electron chi connectivity index (χ4n) is 0.859. The Labute approximate surface area is 85.2 Å². The van der Waals surface area contributed by atoms with Crippen molar-refractivity contribution >= 4 is 20.9 Å². The Morgan fingerprint density at radius 1 is 1.08 bits per heavy atom. The molecule has 0 N–H and O–H groups in total. The Hall–Kier alpha value is -0.200. The Balaban J connectivity index is 2.29. The molecule has 4 heteroatoms. The second-order valence-corrected chi connectivity index (χ2v) is 5.41. The van der Waals surface area contributed by atoms with E-state index in [1.54, 1.807) is 0 Å². The molecule has 0 aliphatic heterocycles. The van der Waals surface area contributed by atoms with E-state index in [0.29, 0.717) is 4.47 Å². The van der Waals surface area contributed by atoms with E-state index in [9.17, 15) is 13.2 Å². The topological polar surface area (TPSA) is 0 Å². The van der Waals surface area contributed by atoms with E-state index >= 15 is 0 Å². The number of halogens is 3. The van der Waals surface area contributed by atoms with Crippen LogP contribution in [0.3, 0.4) is 0 Å². The summed E-state index contributed by atoms with van der Waals surface area (Å²) in [6.07, 6.45) is -3.96. The van der Waals surface area contributed by atoms with Gasteiger partial charge in [-0.1, -0.05) is 0 Å². The van der Waals surface area contributed by atoms with E-state index in [1.165, 1.54) is 0 Å². The van der Waals surface area contributed by atoms with Gasteiger partial charge in [0.1, 0.15) is 0 Å². The first kappa shape index (κ1) is 10.9. The quantitative estimate of drug-likeness (QED) is 0.753. The average molecular weight is 302 g/mol. The van der Waals surface area contributed by atoms with Gasteiger partial charge in [-0.3, -0.25) is 0 Å². The monoisotopic (exact) mass is 304 g/mol. The fraction of sp³-hybridized carbons (Fsp3) is 0.333. The van der Waals surface area contributed by atoms with Gasteiger partial charge in [0.25, 0.3) is 0 Å². The van der Waals surface area contributed by atoms with E-state index in [0.717, 1.165) is 5.56 Å². The van der Waals surface area contributed by atoms with Gasteiger partial charge in [0.15, 0.2) is 0 Å². The van der Waals surface area contributed by atoms with Crippen LogP contribution in [0, 0.1) is 0 Å². The summed E-state index contributed by atoms with van der Waals surface area (Å²) in [5.74, 6) is 0. The molecule has 0 aromatic heterocycles. The van der Waals surface area contributed by atoms with Crippen molar-refractivity contribution < 1.29 is 13.2 Å². The first-order valence-corrected chi connectivity index (χ1v) is 7.06. The van der Waals surface area contributed by atoms with Crippen molar-refractivity contribution in [1.29, 1.82) is 0 Å². The van der Waals surface area contributed by atoms with Crippen molar-refractivity contribution in [3.63, 3.8) is 0 Å². The predicted molar refractivity (Wildman–Crippen MR) is 46.8 cm³/mol. The standard InChI is InChI=1S/C9H9F3Te/c10-9(11,12)7-13-6-8-4-2-1-3-5-8/h1-5H,6-7H2. The minimum absolute atomic E-state index is 0.563. The first-order chi connectivity index (χ1) is 6.08. The maximum absolute atomic E-state index is 11.8. The molecule has 0 aliphatic rings. The second-order valence-electron chi connectivity index (χ2n) is 2.59. The molecular formula is C9H9F3Te. The van der Waals surface area contributed by atoms with Crippen molar-refractivity contribution in [1.82, 2.24) is 0 Å². The Kier molecular flexibility index (Phi) is 4.08. The van der Waals surface area contributed by atoms with Gasteiger partial charge in [0.2, 0.25) is 0 Å². The summed E-state index contributed by atoms with van der Waals surface area (Å²) >= 11 is -0.940. The molecule has 0 unspecified atom stereocenters. The van der Waals surface area contributed by atoms with Crippen LogP contribution in [0.2, 0.25) is 4.47 Å². The molecule has 0 saturated carbocycles. The van der Waals surface area contributed by atoms with Crippen LogP contribution in [0.1, 0.15) is 5.56 Å². The second kappa shape index (κ2) is 4.88. The van der Waals surface area contributed by atoms with Crippen molar-refractivity contribution in [2.75, 3.05) is 0 Å². The molecule has 0 aliphatic carbocycles. The summed E-state index contributed by atoms with van der Waals surface area (Å²) in [7, 11) is 0. The zero-order valence-corrected chi connectivity index (χ0v) is 9.17. The summed E-state index contributed by atoms with van der Waals surface area (Å²) in [6, 6.07) is 9.34. The molecule has 72 valence electrons. The normalized spacial score (nSPS) is 11.6. The van der Waals surface area contributed by atoms with E-state index in [4.69, 9.17) is 0 Å². The molecule has 1 rings (SSSR count). The zero-order chi connectivity index (χ0) is 9.73. The van der Waals surface area contributed by atoms with Crippen molar-refractivity contribution in [3.05, 3.63) is 35.9 Å². The van der Waals surface area contributed by atoms with Gasteiger partial charge >= 0.3 is 85.1 Å². The summed E-state index contributed by atoms with van der Waals surface area (Å²) in [6.45, 7) is 0. The third-order valence-corrected chi connectivity index (χ3v) is 4.43. The van der Waals surface area contributed by atoms with Gasteiger partial charge < -0.3 is 0 Å². The molecule has 1 aromatic rings. The molecule has 0 fully saturated rings. The first-order valence-electron chi connectivity index (χ1n) is 3.76. The minimum atomic E-state index is -3.96. The van der Waals surface area contributed by atoms with Crippen molar-refractivity contribution in [3.8, 4) is 0 Å². The SMILES string of the molecule is FC(F)(F)C[Te]Cc1ccccc1. The van der Waals surface area contributed by atoms with Crippen LogP contribution >= 0.6 is 0 Å². The third kappa shape index (κ3) is 5.17. The molecule has 0 spiro atoms. The van der Waals surface area contributed by atoms with Crippen LogP contribution in [0.4, 0.5) is 13.2 Å². The Bertz CT molecular complexity index is 243. The predicted octanol–water partition coefficient (Wildman–Crippen LogP) is 2.87. The fourth-order valence-corrected chi connectivity index (χ4v) is 3.03. The van der Waals surface area contributed by atoms with Crippen molar-refractivity contribution in [2.24, 2.45) is 0 Å². The van der Waals surface area contributed by atoms with Crippen LogP contribution < -0.4 is 0 Å². The molecule has 1 aromatic carbocycles. The number of rotatable bonds is 3. The Morgan fingerprint density at radius 2 is 1.69 bits per heavy atom. The van der Waals surface area contributed by atoms with E-state index in [2.05, 4.69) is 0 Å². The number of alkyl halides is 3. The average Bonchev–Trinajstić information content (AvgIpc) is 2.04. The van der Waals surface area contributed by atoms with E-state index < -0.39 is 31.6 Å². The van der Waals surface area contributed by atoms with Crippen molar-refractivity contribution in [2.45, 2.75) is 15.1 Å². The van der Waals surface area contributed by atoms with Crippen LogP contribution in [-0.4, -0.2) is 27.1 Å². The van der Waals surface area contributed by atoms with Crippen LogP contribution in [-0.2, 0) is 4.47 Å². The van der Waals surface area contributed by atoms with Gasteiger partial charge in [0.05, 0.1) is 0 Å². The van der Waals surface area contributed by atoms with Crippen LogP contribution in [0.25, 0.3) is 0 Å². The number of hydrogen-bond acceptors (Lipinski definition) is 0. The maximum atomic E-state index is 11.8. The molecule has 13 heavy (non-hydrogen) atoms. The van der Waals surface area contributed by atoms with Gasteiger partial charge in [-0.15, -0.1) is 0 Å². The molecule has 0 nitrogen and oxygen atoms in total. The number of benzene rings is 1. The van der Waals surface area contributed by atoms with E-state index in [1.807, 2.05) is 30.3 Å². The molecule has 0 saturated heterocycles. The molecular weight excluding hydrogens is 293 g/mol. The molecule has 0 atom stereocenters. The molecule has 0 amide bonds. The third-order valence-electron chi connectivity index (χ3n) is 1.38. The summed E-state index contributed by atoms with van der Waals surface area (Å²) in [4.78, 5) is 0. The number of hydrogen-bond donors (Lipinski definition) is 0. The molecule has 0 radical (unpaired) electrons. The van der Waals surface area contributed by atoms with Crippen LogP contribution in [0.15, 0.2) is 30.3 Å². The molecule has 0 bridgehead atoms. The Morgan fingerprint density at radius 3 is 2.23 bits per heavy atom. The molecule has 0 heterocycles.